The van der Waals surface area contributed by atoms with Crippen LogP contribution in [0.4, 0.5) is 0 Å². The molecule has 0 amide bonds. The molecule has 0 radical (unpaired) electrons. The second-order valence-electron chi connectivity index (χ2n) is 1.48. The summed E-state index contributed by atoms with van der Waals surface area (Å²) >= 11 is 0. The highest BCUT2D eigenvalue weighted by atomic mass is 16.5. The molecule has 0 aliphatic rings. The molecule has 0 spiro atoms. The fraction of sp³-hybridized carbons (Fsp3) is 0.500. The van der Waals surface area contributed by atoms with Crippen molar-refractivity contribution in [2.24, 2.45) is 0 Å². The normalized spacial score (nSPS) is 10.3. The molecule has 0 fully saturated rings. The predicted octanol–water partition coefficient (Wildman–Crippen LogP) is 0.664. The first-order valence-electron chi connectivity index (χ1n) is 2.68. The van der Waals surface area contributed by atoms with Crippen molar-refractivity contribution in [1.82, 2.24) is 0 Å². The van der Waals surface area contributed by atoms with Gasteiger partial charge < -0.3 is 9.84 Å². The molecule has 0 unspecified atom stereocenters. The lowest BCUT2D eigenvalue weighted by molar-refractivity contribution is -0.141. The Morgan fingerprint density at radius 2 is 2.44 bits per heavy atom. The number of hydrogen-bond donors (Lipinski definition) is 1. The summed E-state index contributed by atoms with van der Waals surface area (Å²) in [6.07, 6.45) is 3.56. The topological polar surface area (TPSA) is 46.5 Å². The number of ether oxygens (including phenoxy) is 1. The van der Waals surface area contributed by atoms with Gasteiger partial charge in [0.15, 0.2) is 0 Å². The Morgan fingerprint density at radius 1 is 1.78 bits per heavy atom. The van der Waals surface area contributed by atoms with Crippen LogP contribution < -0.4 is 0 Å². The third-order valence-electron chi connectivity index (χ3n) is 0.675. The van der Waals surface area contributed by atoms with Crippen LogP contribution in [-0.4, -0.2) is 24.3 Å². The lowest BCUT2D eigenvalue weighted by atomic mass is 10.5. The Morgan fingerprint density at radius 3 is 2.89 bits per heavy atom. The highest BCUT2D eigenvalue weighted by molar-refractivity contribution is 5.67. The summed E-state index contributed by atoms with van der Waals surface area (Å²) in [5, 5.41) is 8.06. The van der Waals surface area contributed by atoms with Gasteiger partial charge in [-0.2, -0.15) is 0 Å². The largest absolute Gasteiger partial charge is 0.480 e. The standard InChI is InChI=1S/C6H10O3/c1-2-3-4-9-5-6(7)8/h2-3H,4-5H2,1H3,(H,7,8). The van der Waals surface area contributed by atoms with E-state index in [1.165, 1.54) is 0 Å². The number of hydrogen-bond acceptors (Lipinski definition) is 2. The summed E-state index contributed by atoms with van der Waals surface area (Å²) in [6.45, 7) is 2.01. The molecule has 9 heavy (non-hydrogen) atoms. The van der Waals surface area contributed by atoms with Gasteiger partial charge in [-0.1, -0.05) is 12.2 Å². The molecule has 52 valence electrons. The molecular weight excluding hydrogens is 120 g/mol. The third-order valence-corrected chi connectivity index (χ3v) is 0.675. The van der Waals surface area contributed by atoms with Crippen molar-refractivity contribution < 1.29 is 14.6 Å². The number of rotatable bonds is 4. The highest BCUT2D eigenvalue weighted by Crippen LogP contribution is 1.76. The van der Waals surface area contributed by atoms with Crippen molar-refractivity contribution in [3.63, 3.8) is 0 Å². The number of allylic oxidation sites excluding steroid dienone is 1. The van der Waals surface area contributed by atoms with Crippen LogP contribution in [0, 0.1) is 0 Å². The molecule has 0 saturated carbocycles. The minimum absolute atomic E-state index is 0.218. The minimum atomic E-state index is -0.931. The molecule has 0 aliphatic heterocycles. The van der Waals surface area contributed by atoms with Gasteiger partial charge in [-0.15, -0.1) is 0 Å². The zero-order valence-electron chi connectivity index (χ0n) is 5.33. The van der Waals surface area contributed by atoms with Gasteiger partial charge in [0.2, 0.25) is 0 Å². The van der Waals surface area contributed by atoms with Gasteiger partial charge in [0.1, 0.15) is 6.61 Å². The maximum Gasteiger partial charge on any atom is 0.329 e. The van der Waals surface area contributed by atoms with Gasteiger partial charge in [0, 0.05) is 0 Å². The Bertz CT molecular complexity index is 107. The van der Waals surface area contributed by atoms with E-state index in [0.29, 0.717) is 6.61 Å². The number of carboxylic acid groups (broad SMARTS) is 1. The van der Waals surface area contributed by atoms with Crippen LogP contribution in [0.15, 0.2) is 12.2 Å². The molecule has 0 aliphatic carbocycles. The van der Waals surface area contributed by atoms with E-state index >= 15 is 0 Å². The van der Waals surface area contributed by atoms with Crippen molar-refractivity contribution in [2.45, 2.75) is 6.92 Å². The molecule has 3 nitrogen and oxygen atoms in total. The second-order valence-corrected chi connectivity index (χ2v) is 1.48. The van der Waals surface area contributed by atoms with Gasteiger partial charge in [-0.3, -0.25) is 0 Å². The first kappa shape index (κ1) is 8.17. The molecule has 3 heteroatoms. The van der Waals surface area contributed by atoms with E-state index in [0.717, 1.165) is 0 Å². The second kappa shape index (κ2) is 5.31. The Balaban J connectivity index is 3.01. The molecule has 0 aromatic heterocycles. The Hall–Kier alpha value is -0.830. The van der Waals surface area contributed by atoms with Crippen LogP contribution >= 0.6 is 0 Å². The molecule has 0 atom stereocenters. The molecule has 0 bridgehead atoms. The van der Waals surface area contributed by atoms with E-state index in [9.17, 15) is 4.79 Å². The zero-order chi connectivity index (χ0) is 7.11. The van der Waals surface area contributed by atoms with Crippen molar-refractivity contribution in [1.29, 1.82) is 0 Å². The van der Waals surface area contributed by atoms with Gasteiger partial charge in [0.05, 0.1) is 6.61 Å². The summed E-state index contributed by atoms with van der Waals surface area (Å²) in [4.78, 5) is 9.81. The highest BCUT2D eigenvalue weighted by Gasteiger charge is 1.91. The van der Waals surface area contributed by atoms with Crippen LogP contribution in [0.5, 0.6) is 0 Å². The smallest absolute Gasteiger partial charge is 0.329 e. The van der Waals surface area contributed by atoms with Gasteiger partial charge in [0.25, 0.3) is 0 Å². The maximum absolute atomic E-state index is 9.81. The minimum Gasteiger partial charge on any atom is -0.480 e. The quantitative estimate of drug-likeness (QED) is 0.449. The van der Waals surface area contributed by atoms with Crippen LogP contribution in [0.3, 0.4) is 0 Å². The fourth-order valence-corrected chi connectivity index (χ4v) is 0.311. The maximum atomic E-state index is 9.81. The summed E-state index contributed by atoms with van der Waals surface area (Å²) < 4.78 is 4.65. The summed E-state index contributed by atoms with van der Waals surface area (Å²) in [5.74, 6) is -0.931. The van der Waals surface area contributed by atoms with Crippen LogP contribution in [0.1, 0.15) is 6.92 Å². The summed E-state index contributed by atoms with van der Waals surface area (Å²) in [5.41, 5.74) is 0. The predicted molar refractivity (Wildman–Crippen MR) is 33.3 cm³/mol. The number of carboxylic acids is 1. The summed E-state index contributed by atoms with van der Waals surface area (Å²) in [6, 6.07) is 0. The van der Waals surface area contributed by atoms with Crippen molar-refractivity contribution in [2.75, 3.05) is 13.2 Å². The SMILES string of the molecule is CC=CCOCC(=O)O. The lowest BCUT2D eigenvalue weighted by Gasteiger charge is -1.92. The first-order chi connectivity index (χ1) is 4.27. The van der Waals surface area contributed by atoms with E-state index in [1.54, 1.807) is 6.08 Å². The van der Waals surface area contributed by atoms with Crippen molar-refractivity contribution >= 4 is 5.97 Å². The molecular formula is C6H10O3. The van der Waals surface area contributed by atoms with Crippen molar-refractivity contribution in [3.05, 3.63) is 12.2 Å². The van der Waals surface area contributed by atoms with Gasteiger partial charge in [-0.05, 0) is 6.92 Å². The first-order valence-corrected chi connectivity index (χ1v) is 2.68. The van der Waals surface area contributed by atoms with Crippen LogP contribution in [-0.2, 0) is 9.53 Å². The molecule has 0 aromatic carbocycles. The average Bonchev–Trinajstić information content (AvgIpc) is 1.80. The van der Waals surface area contributed by atoms with E-state index in [1.807, 2.05) is 13.0 Å². The fourth-order valence-electron chi connectivity index (χ4n) is 0.311. The van der Waals surface area contributed by atoms with E-state index in [-0.39, 0.29) is 6.61 Å². The Labute approximate surface area is 53.9 Å². The molecule has 1 N–H and O–H groups in total. The lowest BCUT2D eigenvalue weighted by Crippen LogP contribution is -2.06. The van der Waals surface area contributed by atoms with Crippen molar-refractivity contribution in [3.8, 4) is 0 Å². The summed E-state index contributed by atoms with van der Waals surface area (Å²) in [7, 11) is 0. The van der Waals surface area contributed by atoms with E-state index in [2.05, 4.69) is 4.74 Å². The van der Waals surface area contributed by atoms with Crippen LogP contribution in [0.2, 0.25) is 0 Å². The third kappa shape index (κ3) is 7.17. The monoisotopic (exact) mass is 130 g/mol. The number of carbonyl (C=O) groups is 1. The van der Waals surface area contributed by atoms with Gasteiger partial charge >= 0.3 is 5.97 Å². The Kier molecular flexibility index (Phi) is 4.82. The van der Waals surface area contributed by atoms with E-state index in [4.69, 9.17) is 5.11 Å². The molecule has 0 aromatic rings. The average molecular weight is 130 g/mol. The van der Waals surface area contributed by atoms with E-state index < -0.39 is 5.97 Å². The number of aliphatic carboxylic acids is 1. The molecule has 0 heterocycles. The van der Waals surface area contributed by atoms with Crippen LogP contribution in [0.25, 0.3) is 0 Å². The van der Waals surface area contributed by atoms with Gasteiger partial charge in [-0.25, -0.2) is 4.79 Å². The molecule has 0 saturated heterocycles. The zero-order valence-corrected chi connectivity index (χ0v) is 5.33. The molecule has 0 rings (SSSR count).